The van der Waals surface area contributed by atoms with E-state index in [9.17, 15) is 4.79 Å². The molecule has 6 nitrogen and oxygen atoms in total. The molecule has 1 aromatic rings. The molecule has 0 spiro atoms. The molecule has 0 amide bonds. The second-order valence-electron chi connectivity index (χ2n) is 4.28. The average molecular weight is 253 g/mol. The third kappa shape index (κ3) is 3.54. The third-order valence-corrected chi connectivity index (χ3v) is 3.03. The van der Waals surface area contributed by atoms with E-state index < -0.39 is 0 Å². The summed E-state index contributed by atoms with van der Waals surface area (Å²) in [4.78, 5) is 11.6. The van der Waals surface area contributed by atoms with Crippen molar-refractivity contribution >= 4 is 0 Å². The van der Waals surface area contributed by atoms with E-state index in [-0.39, 0.29) is 5.56 Å². The fourth-order valence-corrected chi connectivity index (χ4v) is 1.98. The molecule has 100 valence electrons. The number of ether oxygens (including phenoxy) is 2. The summed E-state index contributed by atoms with van der Waals surface area (Å²) in [6, 6.07) is 3.53. The van der Waals surface area contributed by atoms with Gasteiger partial charge in [-0.25, -0.2) is 4.68 Å². The number of nitrogens with one attached hydrogen (secondary N) is 1. The topological polar surface area (TPSA) is 65.4 Å². The lowest BCUT2D eigenvalue weighted by molar-refractivity contribution is 0.0777. The van der Waals surface area contributed by atoms with E-state index in [1.807, 2.05) is 0 Å². The van der Waals surface area contributed by atoms with Crippen molar-refractivity contribution in [3.8, 4) is 5.88 Å². The molecule has 2 heterocycles. The van der Waals surface area contributed by atoms with Gasteiger partial charge < -0.3 is 14.8 Å². The normalized spacial score (nSPS) is 16.7. The Bertz CT molecular complexity index is 427. The van der Waals surface area contributed by atoms with Crippen molar-refractivity contribution in [2.75, 3.05) is 26.9 Å². The van der Waals surface area contributed by atoms with Crippen LogP contribution in [0.5, 0.6) is 5.88 Å². The van der Waals surface area contributed by atoms with Crippen LogP contribution >= 0.6 is 0 Å². The summed E-state index contributed by atoms with van der Waals surface area (Å²) in [6.45, 7) is 2.90. The molecule has 0 bridgehead atoms. The fourth-order valence-electron chi connectivity index (χ4n) is 1.98. The summed E-state index contributed by atoms with van der Waals surface area (Å²) < 4.78 is 11.7. The lowest BCUT2D eigenvalue weighted by Crippen LogP contribution is -2.38. The summed E-state index contributed by atoms with van der Waals surface area (Å²) in [5.41, 5.74) is -0.107. The minimum Gasteiger partial charge on any atom is -0.480 e. The van der Waals surface area contributed by atoms with Crippen LogP contribution in [-0.4, -0.2) is 42.7 Å². The van der Waals surface area contributed by atoms with Crippen LogP contribution in [0, 0.1) is 0 Å². The highest BCUT2D eigenvalue weighted by molar-refractivity contribution is 5.05. The molecule has 1 N–H and O–H groups in total. The maximum atomic E-state index is 11.6. The lowest BCUT2D eigenvalue weighted by Gasteiger charge is -2.23. The van der Waals surface area contributed by atoms with Gasteiger partial charge in [0.15, 0.2) is 0 Å². The summed E-state index contributed by atoms with van der Waals surface area (Å²) in [5.74, 6) is 0.459. The van der Waals surface area contributed by atoms with Crippen LogP contribution in [-0.2, 0) is 11.3 Å². The SMILES string of the molecule is COc1ccc(=O)n(CCNC2CCOCC2)n1. The smallest absolute Gasteiger partial charge is 0.267 e. The molecule has 0 radical (unpaired) electrons. The van der Waals surface area contributed by atoms with Crippen LogP contribution in [0.1, 0.15) is 12.8 Å². The highest BCUT2D eigenvalue weighted by Crippen LogP contribution is 2.05. The summed E-state index contributed by atoms with van der Waals surface area (Å²) in [6.07, 6.45) is 2.06. The van der Waals surface area contributed by atoms with Crippen molar-refractivity contribution in [1.29, 1.82) is 0 Å². The molecular weight excluding hydrogens is 234 g/mol. The molecule has 1 aromatic heterocycles. The van der Waals surface area contributed by atoms with E-state index in [1.165, 1.54) is 17.9 Å². The van der Waals surface area contributed by atoms with Gasteiger partial charge in [0.1, 0.15) is 0 Å². The zero-order valence-corrected chi connectivity index (χ0v) is 10.6. The molecule has 0 unspecified atom stereocenters. The molecule has 18 heavy (non-hydrogen) atoms. The van der Waals surface area contributed by atoms with E-state index in [0.717, 1.165) is 32.6 Å². The Kier molecular flexibility index (Phi) is 4.72. The average Bonchev–Trinajstić information content (AvgIpc) is 2.42. The van der Waals surface area contributed by atoms with Gasteiger partial charge in [0.25, 0.3) is 5.56 Å². The van der Waals surface area contributed by atoms with E-state index in [0.29, 0.717) is 18.5 Å². The predicted molar refractivity (Wildman–Crippen MR) is 66.9 cm³/mol. The zero-order chi connectivity index (χ0) is 12.8. The molecule has 0 saturated carbocycles. The molecule has 0 aliphatic carbocycles. The molecule has 1 aliphatic rings. The highest BCUT2D eigenvalue weighted by atomic mass is 16.5. The number of methoxy groups -OCH3 is 1. The Hall–Kier alpha value is -1.40. The first kappa shape index (κ1) is 13.0. The quantitative estimate of drug-likeness (QED) is 0.801. The monoisotopic (exact) mass is 253 g/mol. The summed E-state index contributed by atoms with van der Waals surface area (Å²) in [7, 11) is 1.54. The molecule has 6 heteroatoms. The van der Waals surface area contributed by atoms with Gasteiger partial charge in [-0.15, -0.1) is 5.10 Å². The van der Waals surface area contributed by atoms with Gasteiger partial charge in [-0.3, -0.25) is 4.79 Å². The molecule has 1 fully saturated rings. The highest BCUT2D eigenvalue weighted by Gasteiger charge is 2.12. The maximum Gasteiger partial charge on any atom is 0.267 e. The predicted octanol–water partition coefficient (Wildman–Crippen LogP) is 0.0205. The summed E-state index contributed by atoms with van der Waals surface area (Å²) in [5, 5.41) is 7.50. The van der Waals surface area contributed by atoms with Gasteiger partial charge in [0.05, 0.1) is 13.7 Å². The first-order valence-corrected chi connectivity index (χ1v) is 6.23. The molecule has 2 rings (SSSR count). The van der Waals surface area contributed by atoms with Crippen molar-refractivity contribution in [2.45, 2.75) is 25.4 Å². The Morgan fingerprint density at radius 1 is 1.50 bits per heavy atom. The molecular formula is C12H19N3O3. The number of aromatic nitrogens is 2. The first-order chi connectivity index (χ1) is 8.79. The van der Waals surface area contributed by atoms with E-state index in [2.05, 4.69) is 10.4 Å². The largest absolute Gasteiger partial charge is 0.480 e. The van der Waals surface area contributed by atoms with E-state index in [1.54, 1.807) is 6.07 Å². The van der Waals surface area contributed by atoms with Crippen molar-refractivity contribution in [2.24, 2.45) is 0 Å². The second kappa shape index (κ2) is 6.51. The molecule has 0 atom stereocenters. The third-order valence-electron chi connectivity index (χ3n) is 3.03. The minimum absolute atomic E-state index is 0.107. The van der Waals surface area contributed by atoms with E-state index in [4.69, 9.17) is 9.47 Å². The van der Waals surface area contributed by atoms with Crippen LogP contribution in [0.25, 0.3) is 0 Å². The standard InChI is InChI=1S/C12H19N3O3/c1-17-11-2-3-12(16)15(14-11)7-6-13-10-4-8-18-9-5-10/h2-3,10,13H,4-9H2,1H3. The van der Waals surface area contributed by atoms with Crippen molar-refractivity contribution in [3.05, 3.63) is 22.5 Å². The van der Waals surface area contributed by atoms with Crippen molar-refractivity contribution in [1.82, 2.24) is 15.1 Å². The van der Waals surface area contributed by atoms with Gasteiger partial charge in [-0.1, -0.05) is 0 Å². The van der Waals surface area contributed by atoms with Gasteiger partial charge in [0.2, 0.25) is 5.88 Å². The zero-order valence-electron chi connectivity index (χ0n) is 10.6. The lowest BCUT2D eigenvalue weighted by atomic mass is 10.1. The van der Waals surface area contributed by atoms with Gasteiger partial charge in [0, 0.05) is 37.9 Å². The molecule has 1 saturated heterocycles. The van der Waals surface area contributed by atoms with E-state index >= 15 is 0 Å². The van der Waals surface area contributed by atoms with Crippen LogP contribution in [0.4, 0.5) is 0 Å². The Balaban J connectivity index is 1.83. The number of hydrogen-bond acceptors (Lipinski definition) is 5. The molecule has 1 aliphatic heterocycles. The van der Waals surface area contributed by atoms with Crippen LogP contribution in [0.2, 0.25) is 0 Å². The fraction of sp³-hybridized carbons (Fsp3) is 0.667. The molecule has 0 aromatic carbocycles. The van der Waals surface area contributed by atoms with Crippen molar-refractivity contribution in [3.63, 3.8) is 0 Å². The van der Waals surface area contributed by atoms with Crippen LogP contribution in [0.3, 0.4) is 0 Å². The Labute approximate surface area is 106 Å². The second-order valence-corrected chi connectivity index (χ2v) is 4.28. The summed E-state index contributed by atoms with van der Waals surface area (Å²) >= 11 is 0. The van der Waals surface area contributed by atoms with Crippen LogP contribution in [0.15, 0.2) is 16.9 Å². The number of nitrogens with zero attached hydrogens (tertiary/aromatic N) is 2. The van der Waals surface area contributed by atoms with Gasteiger partial charge in [-0.2, -0.15) is 0 Å². The minimum atomic E-state index is -0.107. The maximum absolute atomic E-state index is 11.6. The Morgan fingerprint density at radius 3 is 3.00 bits per heavy atom. The van der Waals surface area contributed by atoms with Gasteiger partial charge in [-0.05, 0) is 12.8 Å². The van der Waals surface area contributed by atoms with Crippen molar-refractivity contribution < 1.29 is 9.47 Å². The Morgan fingerprint density at radius 2 is 2.28 bits per heavy atom. The first-order valence-electron chi connectivity index (χ1n) is 6.23. The number of hydrogen-bond donors (Lipinski definition) is 1. The van der Waals surface area contributed by atoms with Gasteiger partial charge >= 0.3 is 0 Å². The number of rotatable bonds is 5. The van der Waals surface area contributed by atoms with Crippen LogP contribution < -0.4 is 15.6 Å².